The normalized spacial score (nSPS) is 10.4. The minimum Gasteiger partial charge on any atom is -0.397 e. The third-order valence-corrected chi connectivity index (χ3v) is 3.31. The number of halogens is 1. The molecule has 2 N–H and O–H groups in total. The molecule has 0 aromatic carbocycles. The van der Waals surface area contributed by atoms with Gasteiger partial charge >= 0.3 is 0 Å². The zero-order chi connectivity index (χ0) is 11.5. The van der Waals surface area contributed by atoms with Crippen LogP contribution in [0.1, 0.15) is 5.69 Å². The molecule has 0 bridgehead atoms. The van der Waals surface area contributed by atoms with Crippen molar-refractivity contribution in [1.29, 1.82) is 0 Å². The van der Waals surface area contributed by atoms with Crippen LogP contribution in [0.15, 0.2) is 27.6 Å². The molecule has 2 rings (SSSR count). The Hall–Kier alpha value is -1.14. The molecule has 0 atom stereocenters. The van der Waals surface area contributed by atoms with Crippen molar-refractivity contribution in [2.24, 2.45) is 0 Å². The lowest BCUT2D eigenvalue weighted by Gasteiger charge is -2.18. The third-order valence-electron chi connectivity index (χ3n) is 2.09. The molecular formula is C10H11BrN4S. The van der Waals surface area contributed by atoms with Gasteiger partial charge in [0.1, 0.15) is 5.82 Å². The summed E-state index contributed by atoms with van der Waals surface area (Å²) in [6.07, 6.45) is 1.65. The number of anilines is 2. The van der Waals surface area contributed by atoms with Crippen molar-refractivity contribution in [1.82, 2.24) is 9.97 Å². The van der Waals surface area contributed by atoms with Gasteiger partial charge in [-0.15, -0.1) is 11.3 Å². The standard InChI is InChI=1S/C10H11BrN4S/c1-15(4-8-5-16-6-14-8)10-9(11)2-7(12)3-13-10/h2-3,5-6H,4,12H2,1H3. The van der Waals surface area contributed by atoms with Crippen LogP contribution in [0, 0.1) is 0 Å². The van der Waals surface area contributed by atoms with Gasteiger partial charge in [-0.05, 0) is 22.0 Å². The number of pyridine rings is 1. The van der Waals surface area contributed by atoms with Crippen molar-refractivity contribution in [2.75, 3.05) is 17.7 Å². The van der Waals surface area contributed by atoms with E-state index in [2.05, 4.69) is 25.9 Å². The highest BCUT2D eigenvalue weighted by molar-refractivity contribution is 9.10. The fourth-order valence-corrected chi connectivity index (χ4v) is 2.58. The van der Waals surface area contributed by atoms with E-state index >= 15 is 0 Å². The Morgan fingerprint density at radius 2 is 2.31 bits per heavy atom. The van der Waals surface area contributed by atoms with Gasteiger partial charge in [0.05, 0.1) is 34.1 Å². The van der Waals surface area contributed by atoms with Gasteiger partial charge in [0.25, 0.3) is 0 Å². The van der Waals surface area contributed by atoms with Gasteiger partial charge in [0.2, 0.25) is 0 Å². The van der Waals surface area contributed by atoms with Crippen LogP contribution in [-0.2, 0) is 6.54 Å². The van der Waals surface area contributed by atoms with Crippen molar-refractivity contribution in [3.05, 3.63) is 33.3 Å². The maximum atomic E-state index is 5.64. The minimum atomic E-state index is 0.651. The molecule has 6 heteroatoms. The SMILES string of the molecule is CN(Cc1cscn1)c1ncc(N)cc1Br. The quantitative estimate of drug-likeness (QED) is 0.946. The first-order valence-corrected chi connectivity index (χ1v) is 6.39. The molecule has 16 heavy (non-hydrogen) atoms. The molecule has 2 aromatic heterocycles. The zero-order valence-corrected chi connectivity index (χ0v) is 11.1. The van der Waals surface area contributed by atoms with Gasteiger partial charge in [-0.3, -0.25) is 0 Å². The second-order valence-electron chi connectivity index (χ2n) is 3.41. The molecular weight excluding hydrogens is 288 g/mol. The first-order chi connectivity index (χ1) is 7.66. The van der Waals surface area contributed by atoms with Crippen LogP contribution in [-0.4, -0.2) is 17.0 Å². The molecule has 0 aliphatic rings. The van der Waals surface area contributed by atoms with Crippen molar-refractivity contribution in [3.63, 3.8) is 0 Å². The Morgan fingerprint density at radius 1 is 1.50 bits per heavy atom. The predicted octanol–water partition coefficient (Wildman–Crippen LogP) is 2.52. The van der Waals surface area contributed by atoms with Gasteiger partial charge < -0.3 is 10.6 Å². The number of nitrogens with zero attached hydrogens (tertiary/aromatic N) is 3. The maximum Gasteiger partial charge on any atom is 0.143 e. The van der Waals surface area contributed by atoms with Crippen LogP contribution in [0.5, 0.6) is 0 Å². The second-order valence-corrected chi connectivity index (χ2v) is 4.98. The summed E-state index contributed by atoms with van der Waals surface area (Å²) in [5, 5.41) is 2.03. The fraction of sp³-hybridized carbons (Fsp3) is 0.200. The van der Waals surface area contributed by atoms with Gasteiger partial charge in [0.15, 0.2) is 0 Å². The molecule has 2 aromatic rings. The minimum absolute atomic E-state index is 0.651. The first kappa shape index (κ1) is 11.3. The summed E-state index contributed by atoms with van der Waals surface area (Å²) in [4.78, 5) is 10.6. The Labute approximate surface area is 106 Å². The average Bonchev–Trinajstić information content (AvgIpc) is 2.70. The van der Waals surface area contributed by atoms with Gasteiger partial charge in [-0.2, -0.15) is 0 Å². The highest BCUT2D eigenvalue weighted by atomic mass is 79.9. The number of thiazole rings is 1. The average molecular weight is 299 g/mol. The molecule has 0 fully saturated rings. The highest BCUT2D eigenvalue weighted by Crippen LogP contribution is 2.25. The molecule has 4 nitrogen and oxygen atoms in total. The Balaban J connectivity index is 2.17. The van der Waals surface area contributed by atoms with Crippen molar-refractivity contribution in [2.45, 2.75) is 6.54 Å². The topological polar surface area (TPSA) is 55.0 Å². The van der Waals surface area contributed by atoms with E-state index in [1.54, 1.807) is 17.5 Å². The van der Waals surface area contributed by atoms with Crippen LogP contribution in [0.3, 0.4) is 0 Å². The summed E-state index contributed by atoms with van der Waals surface area (Å²) < 4.78 is 0.894. The molecule has 0 amide bonds. The number of aromatic nitrogens is 2. The molecule has 2 heterocycles. The van der Waals surface area contributed by atoms with Gasteiger partial charge in [0, 0.05) is 12.4 Å². The lowest BCUT2D eigenvalue weighted by molar-refractivity contribution is 0.871. The van der Waals surface area contributed by atoms with E-state index in [0.29, 0.717) is 5.69 Å². The summed E-state index contributed by atoms with van der Waals surface area (Å²) >= 11 is 5.04. The van der Waals surface area contributed by atoms with Crippen molar-refractivity contribution in [3.8, 4) is 0 Å². The number of nitrogens with two attached hydrogens (primary N) is 1. The molecule has 0 saturated carbocycles. The van der Waals surface area contributed by atoms with E-state index in [-0.39, 0.29) is 0 Å². The molecule has 0 unspecified atom stereocenters. The second kappa shape index (κ2) is 4.80. The summed E-state index contributed by atoms with van der Waals surface area (Å²) in [5.41, 5.74) is 9.16. The zero-order valence-electron chi connectivity index (χ0n) is 8.72. The Morgan fingerprint density at radius 3 is 2.94 bits per heavy atom. The molecule has 84 valence electrons. The predicted molar refractivity (Wildman–Crippen MR) is 70.6 cm³/mol. The first-order valence-electron chi connectivity index (χ1n) is 4.66. The van der Waals surface area contributed by atoms with Gasteiger partial charge in [-0.25, -0.2) is 9.97 Å². The summed E-state index contributed by atoms with van der Waals surface area (Å²) in [6.45, 7) is 0.735. The van der Waals surface area contributed by atoms with E-state index < -0.39 is 0 Å². The van der Waals surface area contributed by atoms with E-state index in [4.69, 9.17) is 5.73 Å². The van der Waals surface area contributed by atoms with Crippen LogP contribution in [0.2, 0.25) is 0 Å². The van der Waals surface area contributed by atoms with E-state index in [1.807, 2.05) is 28.9 Å². The molecule has 0 aliphatic carbocycles. The van der Waals surface area contributed by atoms with E-state index in [0.717, 1.165) is 22.5 Å². The number of hydrogen-bond donors (Lipinski definition) is 1. The fourth-order valence-electron chi connectivity index (χ4n) is 1.36. The summed E-state index contributed by atoms with van der Waals surface area (Å²) in [6, 6.07) is 1.85. The van der Waals surface area contributed by atoms with Crippen molar-refractivity contribution < 1.29 is 0 Å². The number of nitrogen functional groups attached to an aromatic ring is 1. The highest BCUT2D eigenvalue weighted by Gasteiger charge is 2.09. The number of hydrogen-bond acceptors (Lipinski definition) is 5. The number of rotatable bonds is 3. The molecule has 0 radical (unpaired) electrons. The van der Waals surface area contributed by atoms with Crippen LogP contribution >= 0.6 is 27.3 Å². The van der Waals surface area contributed by atoms with Crippen molar-refractivity contribution >= 4 is 38.8 Å². The molecule has 0 saturated heterocycles. The third kappa shape index (κ3) is 2.51. The van der Waals surface area contributed by atoms with Crippen LogP contribution < -0.4 is 10.6 Å². The summed E-state index contributed by atoms with van der Waals surface area (Å²) in [5.74, 6) is 0.863. The Kier molecular flexibility index (Phi) is 3.40. The van der Waals surface area contributed by atoms with E-state index in [1.165, 1.54) is 0 Å². The van der Waals surface area contributed by atoms with Gasteiger partial charge in [-0.1, -0.05) is 0 Å². The summed E-state index contributed by atoms with van der Waals surface area (Å²) in [7, 11) is 1.97. The van der Waals surface area contributed by atoms with Crippen LogP contribution in [0.25, 0.3) is 0 Å². The monoisotopic (exact) mass is 298 g/mol. The maximum absolute atomic E-state index is 5.64. The lowest BCUT2D eigenvalue weighted by atomic mass is 10.3. The lowest BCUT2D eigenvalue weighted by Crippen LogP contribution is -2.18. The molecule has 0 aliphatic heterocycles. The van der Waals surface area contributed by atoms with Crippen LogP contribution in [0.4, 0.5) is 11.5 Å². The molecule has 0 spiro atoms. The largest absolute Gasteiger partial charge is 0.397 e. The smallest absolute Gasteiger partial charge is 0.143 e. The van der Waals surface area contributed by atoms with E-state index in [9.17, 15) is 0 Å². The Bertz CT molecular complexity index is 472.